The van der Waals surface area contributed by atoms with Crippen molar-refractivity contribution in [3.05, 3.63) is 39.4 Å². The molecule has 1 fully saturated rings. The summed E-state index contributed by atoms with van der Waals surface area (Å²) in [5, 5.41) is 13.8. The zero-order valence-electron chi connectivity index (χ0n) is 26.1. The molecule has 0 saturated carbocycles. The fourth-order valence-corrected chi connectivity index (χ4v) is 7.79. The Labute approximate surface area is 256 Å². The molecule has 234 valence electrons. The van der Waals surface area contributed by atoms with E-state index in [4.69, 9.17) is 28.4 Å². The Bertz CT molecular complexity index is 1570. The first-order valence-electron chi connectivity index (χ1n) is 14.7. The van der Waals surface area contributed by atoms with Gasteiger partial charge < -0.3 is 33.7 Å². The number of nitriles is 1. The first kappa shape index (κ1) is 30.0. The van der Waals surface area contributed by atoms with Gasteiger partial charge in [0.1, 0.15) is 11.8 Å². The summed E-state index contributed by atoms with van der Waals surface area (Å²) in [5.74, 6) is 2.09. The van der Waals surface area contributed by atoms with Crippen LogP contribution in [0.2, 0.25) is 0 Å². The minimum Gasteiger partial charge on any atom is -0.493 e. The molecule has 2 aromatic rings. The second kappa shape index (κ2) is 11.5. The van der Waals surface area contributed by atoms with Crippen LogP contribution in [0.15, 0.2) is 6.07 Å². The number of nitrogens with one attached hydrogen (secondary N) is 1. The van der Waals surface area contributed by atoms with Crippen molar-refractivity contribution in [1.29, 1.82) is 5.26 Å². The van der Waals surface area contributed by atoms with Crippen LogP contribution in [0, 0.1) is 25.2 Å². The van der Waals surface area contributed by atoms with Crippen LogP contribution in [0.1, 0.15) is 59.3 Å². The number of carbonyl (C=O) groups excluding carboxylic acids is 2. The number of amides is 1. The third kappa shape index (κ3) is 4.53. The zero-order valence-corrected chi connectivity index (χ0v) is 26.1. The molecule has 2 aromatic carbocycles. The van der Waals surface area contributed by atoms with Crippen LogP contribution < -0.4 is 29.0 Å². The summed E-state index contributed by atoms with van der Waals surface area (Å²) < 4.78 is 35.2. The average molecular weight is 607 g/mol. The van der Waals surface area contributed by atoms with E-state index in [9.17, 15) is 14.9 Å². The molecule has 0 radical (unpaired) electrons. The van der Waals surface area contributed by atoms with Crippen LogP contribution in [0.5, 0.6) is 28.7 Å². The van der Waals surface area contributed by atoms with Gasteiger partial charge in [0.15, 0.2) is 29.8 Å². The number of hydrogen-bond donors (Lipinski definition) is 1. The first-order chi connectivity index (χ1) is 21.1. The summed E-state index contributed by atoms with van der Waals surface area (Å²) in [6.07, 6.45) is 1.05. The number of likely N-dealkylation sites (N-methyl/N-ethyl adjacent to an activating group) is 1. The normalized spacial score (nSPS) is 24.8. The van der Waals surface area contributed by atoms with Gasteiger partial charge in [-0.1, -0.05) is 6.07 Å². The summed E-state index contributed by atoms with van der Waals surface area (Å²) in [6.45, 7) is 6.95. The molecular weight excluding hydrogens is 568 g/mol. The molecule has 6 rings (SSSR count). The number of aryl methyl sites for hydroxylation is 1. The van der Waals surface area contributed by atoms with Gasteiger partial charge in [-0.05, 0) is 44.9 Å². The molecule has 44 heavy (non-hydrogen) atoms. The van der Waals surface area contributed by atoms with Crippen molar-refractivity contribution in [3.8, 4) is 34.8 Å². The third-order valence-electron chi connectivity index (χ3n) is 9.36. The van der Waals surface area contributed by atoms with E-state index in [0.717, 1.165) is 27.8 Å². The Kier molecular flexibility index (Phi) is 7.82. The molecule has 1 amide bonds. The lowest BCUT2D eigenvalue weighted by molar-refractivity contribution is -0.132. The number of methoxy groups -OCH3 is 2. The van der Waals surface area contributed by atoms with Crippen LogP contribution in [0.3, 0.4) is 0 Å². The van der Waals surface area contributed by atoms with E-state index in [1.807, 2.05) is 20.9 Å². The minimum atomic E-state index is -0.525. The molecule has 3 unspecified atom stereocenters. The molecule has 1 N–H and O–H groups in total. The Morgan fingerprint density at radius 1 is 1.07 bits per heavy atom. The number of rotatable bonds is 7. The van der Waals surface area contributed by atoms with Crippen molar-refractivity contribution in [2.45, 2.75) is 70.7 Å². The van der Waals surface area contributed by atoms with Gasteiger partial charge in [0.05, 0.1) is 25.3 Å². The van der Waals surface area contributed by atoms with Gasteiger partial charge >= 0.3 is 5.97 Å². The summed E-state index contributed by atoms with van der Waals surface area (Å²) >= 11 is 0. The molecule has 4 aliphatic rings. The highest BCUT2D eigenvalue weighted by Gasteiger charge is 2.57. The lowest BCUT2D eigenvalue weighted by Crippen LogP contribution is -2.68. The van der Waals surface area contributed by atoms with Gasteiger partial charge in [0.25, 0.3) is 0 Å². The second-order valence-electron chi connectivity index (χ2n) is 11.8. The van der Waals surface area contributed by atoms with Crippen molar-refractivity contribution in [2.24, 2.45) is 0 Å². The van der Waals surface area contributed by atoms with Crippen molar-refractivity contribution in [1.82, 2.24) is 15.1 Å². The fraction of sp³-hybridized carbons (Fsp3) is 0.531. The van der Waals surface area contributed by atoms with E-state index in [-0.39, 0.29) is 44.2 Å². The SMILES string of the molecule is COCOc1c(OC)c(C)cc2c1C1[C@@H]3Cc4c(OC(C)=O)c(C)c5c(c4C(CNC(C)=O)N3[C@@H](C#N)C(C2)N1C)OCO5. The standard InChI is InChI=1S/C32H38N4O8/c1-15-8-19-9-21-23(11-33)36-22(27(35(21)5)25(19)31(28(15)40-7)41-13-39-6)10-20-26(24(36)12-34-17(3)37)32-30(42-14-43-32)16(2)29(20)44-18(4)38/h8,21-24,27H,9-10,12-14H2,1-7H3,(H,34,37)/t21?,22-,23-,24?,27?/m0/s1. The van der Waals surface area contributed by atoms with Crippen LogP contribution in [-0.4, -0.2) is 81.2 Å². The number of benzene rings is 2. The summed E-state index contributed by atoms with van der Waals surface area (Å²) in [4.78, 5) is 29.2. The van der Waals surface area contributed by atoms with Crippen LogP contribution in [-0.2, 0) is 27.2 Å². The maximum Gasteiger partial charge on any atom is 0.308 e. The van der Waals surface area contributed by atoms with Gasteiger partial charge in [0.2, 0.25) is 12.7 Å². The van der Waals surface area contributed by atoms with Gasteiger partial charge in [-0.3, -0.25) is 19.4 Å². The van der Waals surface area contributed by atoms with E-state index < -0.39 is 18.1 Å². The number of esters is 1. The highest BCUT2D eigenvalue weighted by molar-refractivity contribution is 5.75. The zero-order chi connectivity index (χ0) is 31.4. The highest BCUT2D eigenvalue weighted by atomic mass is 16.7. The molecule has 0 aromatic heterocycles. The Hall–Kier alpha value is -4.05. The molecule has 2 bridgehead atoms. The summed E-state index contributed by atoms with van der Waals surface area (Å²) in [7, 11) is 5.24. The molecule has 0 aliphatic carbocycles. The van der Waals surface area contributed by atoms with Gasteiger partial charge in [-0.15, -0.1) is 0 Å². The number of hydrogen-bond acceptors (Lipinski definition) is 11. The smallest absolute Gasteiger partial charge is 0.308 e. The van der Waals surface area contributed by atoms with Crippen molar-refractivity contribution < 1.29 is 38.0 Å². The lowest BCUT2D eigenvalue weighted by atomic mass is 9.71. The van der Waals surface area contributed by atoms with E-state index in [1.165, 1.54) is 13.8 Å². The number of fused-ring (bicyclic) bond motifs is 9. The van der Waals surface area contributed by atoms with Gasteiger partial charge in [-0.2, -0.15) is 5.26 Å². The molecule has 1 saturated heterocycles. The predicted octanol–water partition coefficient (Wildman–Crippen LogP) is 2.86. The van der Waals surface area contributed by atoms with E-state index in [1.54, 1.807) is 14.2 Å². The number of carbonyl (C=O) groups is 2. The summed E-state index contributed by atoms with van der Waals surface area (Å²) in [6, 6.07) is 3.08. The molecule has 4 heterocycles. The Morgan fingerprint density at radius 3 is 2.48 bits per heavy atom. The Morgan fingerprint density at radius 2 is 1.82 bits per heavy atom. The maximum absolute atomic E-state index is 12.4. The monoisotopic (exact) mass is 606 g/mol. The molecule has 4 aliphatic heterocycles. The maximum atomic E-state index is 12.4. The highest BCUT2D eigenvalue weighted by Crippen LogP contribution is 2.58. The van der Waals surface area contributed by atoms with Crippen molar-refractivity contribution >= 4 is 11.9 Å². The number of nitrogens with zero attached hydrogens (tertiary/aromatic N) is 3. The van der Waals surface area contributed by atoms with E-state index >= 15 is 0 Å². The van der Waals surface area contributed by atoms with Crippen molar-refractivity contribution in [3.63, 3.8) is 0 Å². The topological polar surface area (TPSA) is 132 Å². The van der Waals surface area contributed by atoms with Gasteiger partial charge in [-0.25, -0.2) is 0 Å². The largest absolute Gasteiger partial charge is 0.493 e. The number of piperazine rings is 1. The lowest BCUT2D eigenvalue weighted by Gasteiger charge is -2.60. The molecule has 12 nitrogen and oxygen atoms in total. The van der Waals surface area contributed by atoms with Crippen LogP contribution in [0.4, 0.5) is 0 Å². The number of ether oxygens (including phenoxy) is 6. The predicted molar refractivity (Wildman–Crippen MR) is 157 cm³/mol. The molecule has 12 heteroatoms. The van der Waals surface area contributed by atoms with E-state index in [2.05, 4.69) is 27.3 Å². The molecular formula is C32H38N4O8. The second-order valence-corrected chi connectivity index (χ2v) is 11.8. The molecule has 5 atom stereocenters. The quantitative estimate of drug-likeness (QED) is 0.284. The average Bonchev–Trinajstić information content (AvgIpc) is 3.47. The Balaban J connectivity index is 1.62. The summed E-state index contributed by atoms with van der Waals surface area (Å²) in [5.41, 5.74) is 5.24. The molecule has 0 spiro atoms. The minimum absolute atomic E-state index is 0.0187. The third-order valence-corrected chi connectivity index (χ3v) is 9.36. The first-order valence-corrected chi connectivity index (χ1v) is 14.7. The van der Waals surface area contributed by atoms with Gasteiger partial charge in [0, 0.05) is 61.8 Å². The van der Waals surface area contributed by atoms with Crippen LogP contribution >= 0.6 is 0 Å². The van der Waals surface area contributed by atoms with Crippen molar-refractivity contribution in [2.75, 3.05) is 41.4 Å². The van der Waals surface area contributed by atoms with E-state index in [0.29, 0.717) is 47.2 Å². The van der Waals surface area contributed by atoms with Crippen LogP contribution in [0.25, 0.3) is 0 Å². The fourth-order valence-electron chi connectivity index (χ4n) is 7.79.